The van der Waals surface area contributed by atoms with Gasteiger partial charge in [0, 0.05) is 22.5 Å². The molecule has 0 fully saturated rings. The van der Waals surface area contributed by atoms with Gasteiger partial charge in [-0.25, -0.2) is 4.98 Å². The molecule has 122 valence electrons. The van der Waals surface area contributed by atoms with Gasteiger partial charge in [-0.05, 0) is 54.6 Å². The predicted octanol–water partition coefficient (Wildman–Crippen LogP) is 4.80. The van der Waals surface area contributed by atoms with Crippen molar-refractivity contribution >= 4 is 38.8 Å². The van der Waals surface area contributed by atoms with Gasteiger partial charge in [-0.3, -0.25) is 4.79 Å². The predicted molar refractivity (Wildman–Crippen MR) is 104 cm³/mol. The number of nitrogens with zero attached hydrogens (tertiary/aromatic N) is 1. The standard InChI is InChI=1S/C20H15N3OS/c21-15-9-6-13(7-10-15)20-23-17-11-8-14(12-18(17)25-20)19(24)22-16-4-2-1-3-5-16/h1-12H,21H2,(H,22,24). The van der Waals surface area contributed by atoms with Gasteiger partial charge in [-0.2, -0.15) is 0 Å². The van der Waals surface area contributed by atoms with Crippen molar-refractivity contribution in [2.24, 2.45) is 0 Å². The van der Waals surface area contributed by atoms with E-state index >= 15 is 0 Å². The molecular weight excluding hydrogens is 330 g/mol. The smallest absolute Gasteiger partial charge is 0.255 e. The third kappa shape index (κ3) is 3.22. The molecule has 4 aromatic rings. The zero-order valence-electron chi connectivity index (χ0n) is 13.3. The minimum Gasteiger partial charge on any atom is -0.399 e. The van der Waals surface area contributed by atoms with Crippen molar-refractivity contribution in [2.75, 3.05) is 11.1 Å². The number of thiazole rings is 1. The van der Waals surface area contributed by atoms with E-state index in [4.69, 9.17) is 5.73 Å². The second-order valence-electron chi connectivity index (χ2n) is 5.64. The number of nitrogens with two attached hydrogens (primary N) is 1. The Labute approximate surface area is 149 Å². The van der Waals surface area contributed by atoms with E-state index in [9.17, 15) is 4.79 Å². The Kier molecular flexibility index (Phi) is 3.91. The van der Waals surface area contributed by atoms with E-state index in [-0.39, 0.29) is 5.91 Å². The lowest BCUT2D eigenvalue weighted by Gasteiger charge is -2.04. The molecule has 0 aliphatic heterocycles. The average molecular weight is 345 g/mol. The van der Waals surface area contributed by atoms with Crippen molar-refractivity contribution in [2.45, 2.75) is 0 Å². The maximum atomic E-state index is 12.4. The first kappa shape index (κ1) is 15.4. The fourth-order valence-corrected chi connectivity index (χ4v) is 3.55. The van der Waals surface area contributed by atoms with E-state index in [0.29, 0.717) is 5.56 Å². The molecule has 0 spiro atoms. The van der Waals surface area contributed by atoms with Crippen LogP contribution in [0.2, 0.25) is 0 Å². The number of benzene rings is 3. The topological polar surface area (TPSA) is 68.0 Å². The van der Waals surface area contributed by atoms with Crippen molar-refractivity contribution < 1.29 is 4.79 Å². The molecule has 4 nitrogen and oxygen atoms in total. The number of para-hydroxylation sites is 1. The Bertz CT molecular complexity index is 1040. The summed E-state index contributed by atoms with van der Waals surface area (Å²) in [5, 5.41) is 3.81. The van der Waals surface area contributed by atoms with Gasteiger partial charge in [0.2, 0.25) is 0 Å². The molecule has 0 radical (unpaired) electrons. The van der Waals surface area contributed by atoms with E-state index in [1.807, 2.05) is 66.7 Å². The van der Waals surface area contributed by atoms with Gasteiger partial charge in [0.15, 0.2) is 0 Å². The lowest BCUT2D eigenvalue weighted by atomic mass is 10.2. The minimum atomic E-state index is -0.129. The first-order valence-electron chi connectivity index (χ1n) is 7.82. The third-order valence-corrected chi connectivity index (χ3v) is 4.91. The van der Waals surface area contributed by atoms with Crippen LogP contribution < -0.4 is 11.1 Å². The van der Waals surface area contributed by atoms with Gasteiger partial charge in [-0.15, -0.1) is 11.3 Å². The number of fused-ring (bicyclic) bond motifs is 1. The van der Waals surface area contributed by atoms with Gasteiger partial charge < -0.3 is 11.1 Å². The molecule has 0 bridgehead atoms. The normalized spacial score (nSPS) is 10.7. The minimum absolute atomic E-state index is 0.129. The largest absolute Gasteiger partial charge is 0.399 e. The first-order valence-corrected chi connectivity index (χ1v) is 8.63. The molecule has 0 saturated carbocycles. The second kappa shape index (κ2) is 6.37. The van der Waals surface area contributed by atoms with Crippen LogP contribution in [0.25, 0.3) is 20.8 Å². The van der Waals surface area contributed by atoms with Crippen molar-refractivity contribution in [3.8, 4) is 10.6 Å². The Morgan fingerprint density at radius 2 is 1.72 bits per heavy atom. The summed E-state index contributed by atoms with van der Waals surface area (Å²) in [6.07, 6.45) is 0. The molecule has 0 aliphatic carbocycles. The summed E-state index contributed by atoms with van der Waals surface area (Å²) in [6, 6.07) is 22.6. The van der Waals surface area contributed by atoms with Crippen molar-refractivity contribution in [1.29, 1.82) is 0 Å². The Morgan fingerprint density at radius 3 is 2.48 bits per heavy atom. The van der Waals surface area contributed by atoms with Crippen LogP contribution >= 0.6 is 11.3 Å². The zero-order chi connectivity index (χ0) is 17.2. The number of carbonyl (C=O) groups is 1. The average Bonchev–Trinajstić information content (AvgIpc) is 3.06. The Hall–Kier alpha value is -3.18. The number of carbonyl (C=O) groups excluding carboxylic acids is 1. The molecule has 25 heavy (non-hydrogen) atoms. The van der Waals surface area contributed by atoms with Gasteiger partial charge in [0.1, 0.15) is 5.01 Å². The van der Waals surface area contributed by atoms with Crippen LogP contribution in [0, 0.1) is 0 Å². The lowest BCUT2D eigenvalue weighted by Crippen LogP contribution is -2.11. The summed E-state index contributed by atoms with van der Waals surface area (Å²) in [7, 11) is 0. The Balaban J connectivity index is 1.64. The third-order valence-electron chi connectivity index (χ3n) is 3.84. The number of amides is 1. The summed E-state index contributed by atoms with van der Waals surface area (Å²) in [5.74, 6) is -0.129. The first-order chi connectivity index (χ1) is 12.2. The second-order valence-corrected chi connectivity index (χ2v) is 6.67. The summed E-state index contributed by atoms with van der Waals surface area (Å²) in [4.78, 5) is 17.1. The van der Waals surface area contributed by atoms with E-state index < -0.39 is 0 Å². The molecule has 3 aromatic carbocycles. The lowest BCUT2D eigenvalue weighted by molar-refractivity contribution is 0.102. The highest BCUT2D eigenvalue weighted by molar-refractivity contribution is 7.21. The molecular formula is C20H15N3OS. The van der Waals surface area contributed by atoms with Crippen LogP contribution in [0.4, 0.5) is 11.4 Å². The van der Waals surface area contributed by atoms with E-state index in [2.05, 4.69) is 10.3 Å². The number of anilines is 2. The van der Waals surface area contributed by atoms with E-state index in [1.54, 1.807) is 17.4 Å². The SMILES string of the molecule is Nc1ccc(-c2nc3ccc(C(=O)Nc4ccccc4)cc3s2)cc1. The monoisotopic (exact) mass is 345 g/mol. The molecule has 1 amide bonds. The van der Waals surface area contributed by atoms with Crippen molar-refractivity contribution in [1.82, 2.24) is 4.98 Å². The van der Waals surface area contributed by atoms with E-state index in [1.165, 1.54) is 0 Å². The van der Waals surface area contributed by atoms with Gasteiger partial charge >= 0.3 is 0 Å². The number of hydrogen-bond donors (Lipinski definition) is 2. The van der Waals surface area contributed by atoms with Crippen LogP contribution in [-0.2, 0) is 0 Å². The highest BCUT2D eigenvalue weighted by Crippen LogP contribution is 2.31. The zero-order valence-corrected chi connectivity index (χ0v) is 14.1. The molecule has 0 aliphatic rings. The summed E-state index contributed by atoms with van der Waals surface area (Å²) >= 11 is 1.56. The highest BCUT2D eigenvalue weighted by Gasteiger charge is 2.11. The van der Waals surface area contributed by atoms with Crippen LogP contribution in [-0.4, -0.2) is 10.9 Å². The molecule has 4 rings (SSSR count). The van der Waals surface area contributed by atoms with Crippen molar-refractivity contribution in [3.05, 3.63) is 78.4 Å². The summed E-state index contributed by atoms with van der Waals surface area (Å²) in [5.41, 5.74) is 9.76. The molecule has 1 aromatic heterocycles. The van der Waals surface area contributed by atoms with Crippen LogP contribution in [0.3, 0.4) is 0 Å². The van der Waals surface area contributed by atoms with Gasteiger partial charge in [0.05, 0.1) is 10.2 Å². The van der Waals surface area contributed by atoms with Gasteiger partial charge in [0.25, 0.3) is 5.91 Å². The molecule has 5 heteroatoms. The summed E-state index contributed by atoms with van der Waals surface area (Å²) < 4.78 is 0.979. The number of nitrogen functional groups attached to an aromatic ring is 1. The fourth-order valence-electron chi connectivity index (χ4n) is 2.54. The van der Waals surface area contributed by atoms with Crippen molar-refractivity contribution in [3.63, 3.8) is 0 Å². The maximum absolute atomic E-state index is 12.4. The Morgan fingerprint density at radius 1 is 0.960 bits per heavy atom. The molecule has 1 heterocycles. The number of aromatic nitrogens is 1. The number of hydrogen-bond acceptors (Lipinski definition) is 4. The number of rotatable bonds is 3. The molecule has 0 atom stereocenters. The quantitative estimate of drug-likeness (QED) is 0.524. The van der Waals surface area contributed by atoms with Crippen LogP contribution in [0.15, 0.2) is 72.8 Å². The van der Waals surface area contributed by atoms with Crippen LogP contribution in [0.1, 0.15) is 10.4 Å². The summed E-state index contributed by atoms with van der Waals surface area (Å²) in [6.45, 7) is 0. The highest BCUT2D eigenvalue weighted by atomic mass is 32.1. The number of nitrogens with one attached hydrogen (secondary N) is 1. The van der Waals surface area contributed by atoms with Gasteiger partial charge in [-0.1, -0.05) is 18.2 Å². The van der Waals surface area contributed by atoms with E-state index in [0.717, 1.165) is 32.2 Å². The van der Waals surface area contributed by atoms with Crippen LogP contribution in [0.5, 0.6) is 0 Å². The molecule has 0 unspecified atom stereocenters. The fraction of sp³-hybridized carbons (Fsp3) is 0. The molecule has 3 N–H and O–H groups in total. The maximum Gasteiger partial charge on any atom is 0.255 e. The molecule has 0 saturated heterocycles.